The van der Waals surface area contributed by atoms with E-state index in [1.54, 1.807) is 12.1 Å². The smallest absolute Gasteiger partial charge is 0.269 e. The summed E-state index contributed by atoms with van der Waals surface area (Å²) in [6.45, 7) is 2.91. The minimum Gasteiger partial charge on any atom is -0.397 e. The Labute approximate surface area is 95.3 Å². The largest absolute Gasteiger partial charge is 0.397 e. The van der Waals surface area contributed by atoms with E-state index in [-0.39, 0.29) is 5.91 Å². The Bertz CT molecular complexity index is 370. The third kappa shape index (κ3) is 2.72. The molecule has 1 amide bonds. The lowest BCUT2D eigenvalue weighted by Crippen LogP contribution is -2.29. The summed E-state index contributed by atoms with van der Waals surface area (Å²) in [4.78, 5) is 15.7. The number of rotatable bonds is 4. The van der Waals surface area contributed by atoms with Crippen molar-refractivity contribution in [1.82, 2.24) is 10.3 Å². The van der Waals surface area contributed by atoms with Crippen LogP contribution in [-0.4, -0.2) is 17.4 Å². The van der Waals surface area contributed by atoms with Crippen molar-refractivity contribution in [3.05, 3.63) is 24.0 Å². The van der Waals surface area contributed by atoms with Crippen molar-refractivity contribution >= 4 is 11.6 Å². The van der Waals surface area contributed by atoms with Gasteiger partial charge in [0.1, 0.15) is 5.69 Å². The average Bonchev–Trinajstić information content (AvgIpc) is 3.10. The van der Waals surface area contributed by atoms with Crippen molar-refractivity contribution in [1.29, 1.82) is 0 Å². The summed E-state index contributed by atoms with van der Waals surface area (Å²) < 4.78 is 0. The zero-order valence-electron chi connectivity index (χ0n) is 9.44. The van der Waals surface area contributed by atoms with Crippen LogP contribution in [0.1, 0.15) is 30.3 Å². The van der Waals surface area contributed by atoms with Gasteiger partial charge in [-0.3, -0.25) is 4.79 Å². The third-order valence-corrected chi connectivity index (χ3v) is 3.03. The van der Waals surface area contributed by atoms with E-state index in [0.717, 1.165) is 12.5 Å². The second-order valence-corrected chi connectivity index (χ2v) is 4.50. The number of nitrogen functional groups attached to an aromatic ring is 1. The molecule has 1 fully saturated rings. The fraction of sp³-hybridized carbons (Fsp3) is 0.500. The van der Waals surface area contributed by atoms with Crippen LogP contribution in [0.5, 0.6) is 0 Å². The highest BCUT2D eigenvalue weighted by Gasteiger charge is 2.27. The SMILES string of the molecule is CC(CNC(=O)c1ccc(N)cn1)C1CC1. The summed E-state index contributed by atoms with van der Waals surface area (Å²) in [5.41, 5.74) is 6.50. The van der Waals surface area contributed by atoms with E-state index in [2.05, 4.69) is 17.2 Å². The highest BCUT2D eigenvalue weighted by Crippen LogP contribution is 2.36. The van der Waals surface area contributed by atoms with E-state index in [1.165, 1.54) is 19.0 Å². The number of anilines is 1. The number of nitrogens with two attached hydrogens (primary N) is 1. The monoisotopic (exact) mass is 219 g/mol. The second kappa shape index (κ2) is 4.51. The summed E-state index contributed by atoms with van der Waals surface area (Å²) in [7, 11) is 0. The molecule has 4 nitrogen and oxygen atoms in total. The van der Waals surface area contributed by atoms with Crippen LogP contribution < -0.4 is 11.1 Å². The molecule has 86 valence electrons. The van der Waals surface area contributed by atoms with Gasteiger partial charge in [-0.1, -0.05) is 6.92 Å². The Morgan fingerprint density at radius 3 is 2.94 bits per heavy atom. The van der Waals surface area contributed by atoms with Crippen molar-refractivity contribution in [3.8, 4) is 0 Å². The van der Waals surface area contributed by atoms with Gasteiger partial charge in [-0.15, -0.1) is 0 Å². The molecule has 1 unspecified atom stereocenters. The first-order valence-corrected chi connectivity index (χ1v) is 5.66. The fourth-order valence-corrected chi connectivity index (χ4v) is 1.72. The lowest BCUT2D eigenvalue weighted by atomic mass is 10.1. The van der Waals surface area contributed by atoms with Gasteiger partial charge in [0.15, 0.2) is 0 Å². The molecule has 1 saturated carbocycles. The fourth-order valence-electron chi connectivity index (χ4n) is 1.72. The molecule has 1 aromatic rings. The number of hydrogen-bond acceptors (Lipinski definition) is 3. The molecule has 0 radical (unpaired) electrons. The van der Waals surface area contributed by atoms with E-state index < -0.39 is 0 Å². The van der Waals surface area contributed by atoms with Gasteiger partial charge in [-0.25, -0.2) is 4.98 Å². The Hall–Kier alpha value is -1.58. The molecule has 0 saturated heterocycles. The third-order valence-electron chi connectivity index (χ3n) is 3.03. The van der Waals surface area contributed by atoms with Gasteiger partial charge >= 0.3 is 0 Å². The van der Waals surface area contributed by atoms with Crippen molar-refractivity contribution < 1.29 is 4.79 Å². The van der Waals surface area contributed by atoms with E-state index >= 15 is 0 Å². The lowest BCUT2D eigenvalue weighted by Gasteiger charge is -2.10. The molecule has 2 rings (SSSR count). The van der Waals surface area contributed by atoms with E-state index in [9.17, 15) is 4.79 Å². The molecular weight excluding hydrogens is 202 g/mol. The van der Waals surface area contributed by atoms with Crippen LogP contribution in [0.15, 0.2) is 18.3 Å². The topological polar surface area (TPSA) is 68.0 Å². The molecule has 1 aliphatic carbocycles. The molecule has 1 atom stereocenters. The average molecular weight is 219 g/mol. The van der Waals surface area contributed by atoms with Crippen LogP contribution in [0.25, 0.3) is 0 Å². The normalized spacial score (nSPS) is 16.8. The molecule has 0 aliphatic heterocycles. The maximum absolute atomic E-state index is 11.7. The quantitative estimate of drug-likeness (QED) is 0.805. The number of aromatic nitrogens is 1. The zero-order valence-corrected chi connectivity index (χ0v) is 9.44. The van der Waals surface area contributed by atoms with Crippen LogP contribution >= 0.6 is 0 Å². The van der Waals surface area contributed by atoms with E-state index in [4.69, 9.17) is 5.73 Å². The molecule has 4 heteroatoms. The molecule has 16 heavy (non-hydrogen) atoms. The van der Waals surface area contributed by atoms with E-state index in [0.29, 0.717) is 17.3 Å². The van der Waals surface area contributed by atoms with Crippen LogP contribution in [-0.2, 0) is 0 Å². The van der Waals surface area contributed by atoms with Crippen molar-refractivity contribution in [2.75, 3.05) is 12.3 Å². The number of carbonyl (C=O) groups is 1. The lowest BCUT2D eigenvalue weighted by molar-refractivity contribution is 0.0942. The maximum atomic E-state index is 11.7. The molecule has 1 heterocycles. The molecule has 0 bridgehead atoms. The summed E-state index contributed by atoms with van der Waals surface area (Å²) in [5, 5.41) is 2.90. The predicted molar refractivity (Wildman–Crippen MR) is 62.9 cm³/mol. The number of nitrogens with one attached hydrogen (secondary N) is 1. The number of nitrogens with zero attached hydrogens (tertiary/aromatic N) is 1. The van der Waals surface area contributed by atoms with Crippen LogP contribution in [0, 0.1) is 11.8 Å². The highest BCUT2D eigenvalue weighted by molar-refractivity contribution is 5.92. The Kier molecular flexibility index (Phi) is 3.08. The van der Waals surface area contributed by atoms with E-state index in [1.807, 2.05) is 0 Å². The minimum atomic E-state index is -0.118. The Balaban J connectivity index is 1.85. The van der Waals surface area contributed by atoms with Crippen molar-refractivity contribution in [3.63, 3.8) is 0 Å². The molecule has 1 aliphatic rings. The van der Waals surface area contributed by atoms with Crippen LogP contribution in [0.2, 0.25) is 0 Å². The Morgan fingerprint density at radius 1 is 1.62 bits per heavy atom. The van der Waals surface area contributed by atoms with Gasteiger partial charge in [-0.05, 0) is 36.8 Å². The number of hydrogen-bond donors (Lipinski definition) is 2. The number of amides is 1. The van der Waals surface area contributed by atoms with Gasteiger partial charge in [0.05, 0.1) is 11.9 Å². The molecule has 3 N–H and O–H groups in total. The highest BCUT2D eigenvalue weighted by atomic mass is 16.1. The van der Waals surface area contributed by atoms with Gasteiger partial charge in [-0.2, -0.15) is 0 Å². The standard InChI is InChI=1S/C12H17N3O/c1-8(9-2-3-9)6-15-12(16)11-5-4-10(13)7-14-11/h4-5,7-9H,2-3,6,13H2,1H3,(H,15,16). The number of carbonyl (C=O) groups excluding carboxylic acids is 1. The summed E-state index contributed by atoms with van der Waals surface area (Å²) in [6, 6.07) is 3.33. The first-order chi connectivity index (χ1) is 7.66. The summed E-state index contributed by atoms with van der Waals surface area (Å²) in [5.74, 6) is 1.25. The van der Waals surface area contributed by atoms with Crippen LogP contribution in [0.4, 0.5) is 5.69 Å². The van der Waals surface area contributed by atoms with Crippen molar-refractivity contribution in [2.24, 2.45) is 11.8 Å². The Morgan fingerprint density at radius 2 is 2.38 bits per heavy atom. The molecular formula is C12H17N3O. The van der Waals surface area contributed by atoms with Gasteiger partial charge in [0.2, 0.25) is 0 Å². The summed E-state index contributed by atoms with van der Waals surface area (Å²) in [6.07, 6.45) is 4.10. The van der Waals surface area contributed by atoms with Gasteiger partial charge < -0.3 is 11.1 Å². The minimum absolute atomic E-state index is 0.118. The van der Waals surface area contributed by atoms with Crippen LogP contribution in [0.3, 0.4) is 0 Å². The molecule has 0 aromatic carbocycles. The van der Waals surface area contributed by atoms with Gasteiger partial charge in [0, 0.05) is 6.54 Å². The summed E-state index contributed by atoms with van der Waals surface area (Å²) >= 11 is 0. The first-order valence-electron chi connectivity index (χ1n) is 5.66. The first kappa shape index (κ1) is 10.9. The molecule has 0 spiro atoms. The second-order valence-electron chi connectivity index (χ2n) is 4.50. The van der Waals surface area contributed by atoms with Crippen molar-refractivity contribution in [2.45, 2.75) is 19.8 Å². The maximum Gasteiger partial charge on any atom is 0.269 e. The number of pyridine rings is 1. The van der Waals surface area contributed by atoms with Gasteiger partial charge in [0.25, 0.3) is 5.91 Å². The zero-order chi connectivity index (χ0) is 11.5. The molecule has 1 aromatic heterocycles. The predicted octanol–water partition coefficient (Wildman–Crippen LogP) is 1.44.